The van der Waals surface area contributed by atoms with Crippen molar-refractivity contribution >= 4 is 11.6 Å². The summed E-state index contributed by atoms with van der Waals surface area (Å²) in [5, 5.41) is 6.52. The molecule has 0 fully saturated rings. The summed E-state index contributed by atoms with van der Waals surface area (Å²) in [5.41, 5.74) is 1.06. The molecule has 0 saturated carbocycles. The maximum atomic E-state index is 5.70. The molecule has 1 heterocycles. The third-order valence-corrected chi connectivity index (χ3v) is 4.06. The zero-order valence-electron chi connectivity index (χ0n) is 16.0. The molecule has 3 aromatic rings. The number of para-hydroxylation sites is 1. The van der Waals surface area contributed by atoms with Crippen molar-refractivity contribution in [1.82, 2.24) is 9.97 Å². The first-order valence-electron chi connectivity index (χ1n) is 8.97. The van der Waals surface area contributed by atoms with Crippen LogP contribution in [0.2, 0.25) is 0 Å². The van der Waals surface area contributed by atoms with Crippen molar-refractivity contribution in [3.63, 3.8) is 0 Å². The predicted molar refractivity (Wildman–Crippen MR) is 109 cm³/mol. The molecule has 146 valence electrons. The summed E-state index contributed by atoms with van der Waals surface area (Å²) in [6.07, 6.45) is 1.53. The highest BCUT2D eigenvalue weighted by Gasteiger charge is 2.03. The van der Waals surface area contributed by atoms with E-state index in [0.717, 1.165) is 34.4 Å². The Morgan fingerprint density at radius 2 is 1.54 bits per heavy atom. The summed E-state index contributed by atoms with van der Waals surface area (Å²) in [7, 11) is 3.31. The van der Waals surface area contributed by atoms with Crippen LogP contribution in [0.4, 0.5) is 11.6 Å². The minimum absolute atomic E-state index is 0.514. The molecule has 7 nitrogen and oxygen atoms in total. The summed E-state index contributed by atoms with van der Waals surface area (Å²) in [4.78, 5) is 8.49. The van der Waals surface area contributed by atoms with Crippen LogP contribution in [0, 0.1) is 0 Å². The number of ether oxygens (including phenoxy) is 3. The van der Waals surface area contributed by atoms with Crippen molar-refractivity contribution in [2.24, 2.45) is 0 Å². The van der Waals surface area contributed by atoms with E-state index in [-0.39, 0.29) is 0 Å². The fraction of sp³-hybridized carbons (Fsp3) is 0.238. The third kappa shape index (κ3) is 5.51. The molecular formula is C21H24N4O3. The van der Waals surface area contributed by atoms with Gasteiger partial charge in [0.1, 0.15) is 41.8 Å². The first-order chi connectivity index (χ1) is 13.8. The molecule has 0 aliphatic heterocycles. The highest BCUT2D eigenvalue weighted by Crippen LogP contribution is 2.19. The van der Waals surface area contributed by atoms with Gasteiger partial charge in [-0.2, -0.15) is 0 Å². The molecule has 0 aliphatic rings. The van der Waals surface area contributed by atoms with E-state index in [2.05, 4.69) is 20.6 Å². The monoisotopic (exact) mass is 380 g/mol. The molecule has 0 saturated heterocycles. The molecule has 0 bridgehead atoms. The Morgan fingerprint density at radius 1 is 0.821 bits per heavy atom. The summed E-state index contributed by atoms with van der Waals surface area (Å²) < 4.78 is 16.2. The summed E-state index contributed by atoms with van der Waals surface area (Å²) in [5.74, 6) is 3.91. The van der Waals surface area contributed by atoms with Crippen LogP contribution in [0.5, 0.6) is 17.2 Å². The number of hydrogen-bond donors (Lipinski definition) is 2. The molecule has 28 heavy (non-hydrogen) atoms. The smallest absolute Gasteiger partial charge is 0.131 e. The van der Waals surface area contributed by atoms with Gasteiger partial charge in [0.15, 0.2) is 0 Å². The lowest BCUT2D eigenvalue weighted by molar-refractivity contribution is 0.331. The fourth-order valence-electron chi connectivity index (χ4n) is 2.61. The van der Waals surface area contributed by atoms with Crippen LogP contribution in [-0.2, 0) is 6.54 Å². The van der Waals surface area contributed by atoms with E-state index in [9.17, 15) is 0 Å². The van der Waals surface area contributed by atoms with Crippen LogP contribution in [0.15, 0.2) is 60.9 Å². The van der Waals surface area contributed by atoms with Crippen molar-refractivity contribution in [2.75, 3.05) is 38.0 Å². The quantitative estimate of drug-likeness (QED) is 0.520. The van der Waals surface area contributed by atoms with Gasteiger partial charge >= 0.3 is 0 Å². The number of rotatable bonds is 10. The second kappa shape index (κ2) is 10.0. The molecule has 0 radical (unpaired) electrons. The van der Waals surface area contributed by atoms with E-state index < -0.39 is 0 Å². The Bertz CT molecular complexity index is 872. The molecule has 0 unspecified atom stereocenters. The standard InChI is InChI=1S/C21H24N4O3/c1-26-17-7-9-18(10-8-17)28-12-11-22-20-13-21(25-15-24-20)23-14-16-5-3-4-6-19(16)27-2/h3-10,13,15H,11-12,14H2,1-2H3,(H2,22,23,24,25). The third-order valence-electron chi connectivity index (χ3n) is 4.06. The lowest BCUT2D eigenvalue weighted by atomic mass is 10.2. The van der Waals surface area contributed by atoms with Crippen LogP contribution < -0.4 is 24.8 Å². The van der Waals surface area contributed by atoms with Gasteiger partial charge in [0.05, 0.1) is 20.8 Å². The van der Waals surface area contributed by atoms with Crippen molar-refractivity contribution in [2.45, 2.75) is 6.54 Å². The number of nitrogens with one attached hydrogen (secondary N) is 2. The first-order valence-corrected chi connectivity index (χ1v) is 8.97. The Hall–Kier alpha value is -3.48. The molecule has 0 atom stereocenters. The van der Waals surface area contributed by atoms with Crippen LogP contribution in [0.25, 0.3) is 0 Å². The number of benzene rings is 2. The maximum Gasteiger partial charge on any atom is 0.131 e. The number of nitrogens with zero attached hydrogens (tertiary/aromatic N) is 2. The molecule has 0 aliphatic carbocycles. The van der Waals surface area contributed by atoms with Crippen LogP contribution >= 0.6 is 0 Å². The largest absolute Gasteiger partial charge is 0.497 e. The Kier molecular flexibility index (Phi) is 6.89. The van der Waals surface area contributed by atoms with E-state index in [0.29, 0.717) is 19.7 Å². The Labute approximate surface area is 164 Å². The highest BCUT2D eigenvalue weighted by atomic mass is 16.5. The van der Waals surface area contributed by atoms with E-state index in [1.807, 2.05) is 54.6 Å². The van der Waals surface area contributed by atoms with E-state index in [1.165, 1.54) is 6.33 Å². The molecule has 0 spiro atoms. The first kappa shape index (κ1) is 19.3. The predicted octanol–water partition coefficient (Wildman–Crippen LogP) is 3.60. The average molecular weight is 380 g/mol. The zero-order chi connectivity index (χ0) is 19.6. The topological polar surface area (TPSA) is 77.5 Å². The number of anilines is 2. The highest BCUT2D eigenvalue weighted by molar-refractivity contribution is 5.47. The van der Waals surface area contributed by atoms with Crippen LogP contribution in [-0.4, -0.2) is 37.3 Å². The van der Waals surface area contributed by atoms with Gasteiger partial charge in [-0.05, 0) is 30.3 Å². The van der Waals surface area contributed by atoms with Gasteiger partial charge in [0.2, 0.25) is 0 Å². The van der Waals surface area contributed by atoms with Gasteiger partial charge in [-0.25, -0.2) is 9.97 Å². The lowest BCUT2D eigenvalue weighted by Gasteiger charge is -2.11. The second-order valence-corrected chi connectivity index (χ2v) is 5.90. The maximum absolute atomic E-state index is 5.70. The zero-order valence-corrected chi connectivity index (χ0v) is 16.0. The summed E-state index contributed by atoms with van der Waals surface area (Å²) in [6, 6.07) is 17.2. The van der Waals surface area contributed by atoms with E-state index in [1.54, 1.807) is 14.2 Å². The van der Waals surface area contributed by atoms with Gasteiger partial charge in [-0.3, -0.25) is 0 Å². The van der Waals surface area contributed by atoms with Crippen molar-refractivity contribution in [3.8, 4) is 17.2 Å². The van der Waals surface area contributed by atoms with Gasteiger partial charge in [-0.1, -0.05) is 18.2 Å². The normalized spacial score (nSPS) is 10.2. The molecule has 3 rings (SSSR count). The van der Waals surface area contributed by atoms with E-state index >= 15 is 0 Å². The summed E-state index contributed by atoms with van der Waals surface area (Å²) >= 11 is 0. The second-order valence-electron chi connectivity index (χ2n) is 5.90. The SMILES string of the molecule is COc1ccc(OCCNc2cc(NCc3ccccc3OC)ncn2)cc1. The molecule has 0 amide bonds. The molecule has 2 aromatic carbocycles. The molecule has 2 N–H and O–H groups in total. The number of methoxy groups -OCH3 is 2. The van der Waals surface area contributed by atoms with Crippen molar-refractivity contribution in [3.05, 3.63) is 66.5 Å². The van der Waals surface area contributed by atoms with Crippen LogP contribution in [0.3, 0.4) is 0 Å². The van der Waals surface area contributed by atoms with Crippen LogP contribution in [0.1, 0.15) is 5.56 Å². The van der Waals surface area contributed by atoms with Gasteiger partial charge < -0.3 is 24.8 Å². The minimum Gasteiger partial charge on any atom is -0.497 e. The van der Waals surface area contributed by atoms with Crippen molar-refractivity contribution in [1.29, 1.82) is 0 Å². The minimum atomic E-state index is 0.514. The number of hydrogen-bond acceptors (Lipinski definition) is 7. The fourth-order valence-corrected chi connectivity index (χ4v) is 2.61. The molecular weight excluding hydrogens is 356 g/mol. The molecule has 1 aromatic heterocycles. The Morgan fingerprint density at radius 3 is 2.29 bits per heavy atom. The van der Waals surface area contributed by atoms with E-state index in [4.69, 9.17) is 14.2 Å². The van der Waals surface area contributed by atoms with Gasteiger partial charge in [0, 0.05) is 18.2 Å². The Balaban J connectivity index is 1.46. The number of aromatic nitrogens is 2. The summed E-state index contributed by atoms with van der Waals surface area (Å²) in [6.45, 7) is 1.75. The lowest BCUT2D eigenvalue weighted by Crippen LogP contribution is -2.13. The average Bonchev–Trinajstić information content (AvgIpc) is 2.76. The van der Waals surface area contributed by atoms with Crippen molar-refractivity contribution < 1.29 is 14.2 Å². The van der Waals surface area contributed by atoms with Gasteiger partial charge in [-0.15, -0.1) is 0 Å². The van der Waals surface area contributed by atoms with Gasteiger partial charge in [0.25, 0.3) is 0 Å². The molecule has 7 heteroatoms.